The van der Waals surface area contributed by atoms with Gasteiger partial charge < -0.3 is 34.4 Å². The van der Waals surface area contributed by atoms with Gasteiger partial charge in [0.2, 0.25) is 0 Å². The average Bonchev–Trinajstić information content (AvgIpc) is 3.44. The zero-order valence-corrected chi connectivity index (χ0v) is 23.9. The second-order valence-electron chi connectivity index (χ2n) is 9.37. The molecule has 2 aromatic carbocycles. The van der Waals surface area contributed by atoms with Gasteiger partial charge in [0.05, 0.1) is 36.5 Å². The fraction of sp³-hybridized carbons (Fsp3) is 0.276. The van der Waals surface area contributed by atoms with Crippen LogP contribution in [0.15, 0.2) is 69.3 Å². The number of aliphatic hydroxyl groups is 1. The summed E-state index contributed by atoms with van der Waals surface area (Å²) in [7, 11) is 1.26. The Morgan fingerprint density at radius 3 is 2.70 bits per heavy atom. The summed E-state index contributed by atoms with van der Waals surface area (Å²) in [6.45, 7) is 5.32. The molecular weight excluding hydrogens is 562 g/mol. The molecule has 0 aliphatic carbocycles. The molecule has 43 heavy (non-hydrogen) atoms. The Hall–Kier alpha value is -5.37. The Labute approximate surface area is 246 Å². The number of rotatable bonds is 12. The number of aryl methyl sites for hydroxylation is 1. The third-order valence-electron chi connectivity index (χ3n) is 6.41. The first kappa shape index (κ1) is 30.6. The molecule has 1 aliphatic heterocycles. The maximum absolute atomic E-state index is 12.4. The van der Waals surface area contributed by atoms with Crippen molar-refractivity contribution in [3.8, 4) is 22.8 Å². The predicted molar refractivity (Wildman–Crippen MR) is 155 cm³/mol. The second kappa shape index (κ2) is 13.5. The van der Waals surface area contributed by atoms with Gasteiger partial charge in [0.25, 0.3) is 5.69 Å². The number of nitro benzene ring substituents is 1. The minimum atomic E-state index is -1.21. The topological polar surface area (TPSA) is 187 Å². The first-order valence-electron chi connectivity index (χ1n) is 13.2. The van der Waals surface area contributed by atoms with Gasteiger partial charge in [-0.2, -0.15) is 5.10 Å². The smallest absolute Gasteiger partial charge is 0.337 e. The average molecular weight is 594 g/mol. The SMILES string of the molecule is CCOc1cc([C@@H]2NC(=O)NC(C)=C2C(=O)OC)ccc1OC[C@@H](O)N/N=C\c1ccc(-c2cc([N+](=O)[O-])ccc2C)o1. The van der Waals surface area contributed by atoms with E-state index >= 15 is 0 Å². The molecule has 4 N–H and O–H groups in total. The van der Waals surface area contributed by atoms with Crippen molar-refractivity contribution < 1.29 is 38.2 Å². The van der Waals surface area contributed by atoms with Crippen LogP contribution in [0.1, 0.15) is 36.8 Å². The van der Waals surface area contributed by atoms with Crippen LogP contribution in [-0.4, -0.2) is 54.8 Å². The fourth-order valence-corrected chi connectivity index (χ4v) is 4.37. The molecule has 0 fully saturated rings. The lowest BCUT2D eigenvalue weighted by Crippen LogP contribution is -2.45. The van der Waals surface area contributed by atoms with Crippen LogP contribution in [0.25, 0.3) is 11.3 Å². The highest BCUT2D eigenvalue weighted by Crippen LogP contribution is 2.35. The quantitative estimate of drug-likeness (QED) is 0.0793. The third-order valence-corrected chi connectivity index (χ3v) is 6.41. The molecule has 0 saturated heterocycles. The highest BCUT2D eigenvalue weighted by Gasteiger charge is 2.32. The second-order valence-corrected chi connectivity index (χ2v) is 9.37. The predicted octanol–water partition coefficient (Wildman–Crippen LogP) is 3.68. The molecule has 4 rings (SSSR count). The number of amides is 2. The number of benzene rings is 2. The molecular formula is C29H31N5O9. The monoisotopic (exact) mass is 593 g/mol. The van der Waals surface area contributed by atoms with E-state index in [0.29, 0.717) is 46.5 Å². The number of furan rings is 1. The first-order chi connectivity index (χ1) is 20.6. The van der Waals surface area contributed by atoms with Gasteiger partial charge in [-0.15, -0.1) is 0 Å². The summed E-state index contributed by atoms with van der Waals surface area (Å²) in [5.74, 6) is 0.861. The van der Waals surface area contributed by atoms with Crippen LogP contribution in [-0.2, 0) is 9.53 Å². The van der Waals surface area contributed by atoms with Crippen LogP contribution in [0, 0.1) is 17.0 Å². The van der Waals surface area contributed by atoms with Gasteiger partial charge in [-0.3, -0.25) is 15.5 Å². The number of carbonyl (C=O) groups is 2. The summed E-state index contributed by atoms with van der Waals surface area (Å²) in [5, 5.41) is 30.7. The van der Waals surface area contributed by atoms with Crippen LogP contribution in [0.3, 0.4) is 0 Å². The van der Waals surface area contributed by atoms with E-state index in [1.165, 1.54) is 25.5 Å². The van der Waals surface area contributed by atoms with E-state index in [1.807, 2.05) is 6.92 Å². The number of hydrogen-bond acceptors (Lipinski definition) is 11. The molecule has 0 spiro atoms. The van der Waals surface area contributed by atoms with Crippen molar-refractivity contribution >= 4 is 23.9 Å². The summed E-state index contributed by atoms with van der Waals surface area (Å²) < 4.78 is 22.1. The third kappa shape index (κ3) is 7.29. The zero-order valence-electron chi connectivity index (χ0n) is 23.9. The Morgan fingerprint density at radius 2 is 1.98 bits per heavy atom. The lowest BCUT2D eigenvalue weighted by molar-refractivity contribution is -0.384. The Balaban J connectivity index is 1.40. The number of hydrazone groups is 1. The molecule has 226 valence electrons. The van der Waals surface area contributed by atoms with Gasteiger partial charge in [0.1, 0.15) is 18.1 Å². The molecule has 2 atom stereocenters. The minimum Gasteiger partial charge on any atom is -0.490 e. The van der Waals surface area contributed by atoms with Crippen LogP contribution in [0.4, 0.5) is 10.5 Å². The van der Waals surface area contributed by atoms with Crippen molar-refractivity contribution in [1.29, 1.82) is 0 Å². The Bertz CT molecular complexity index is 1580. The van der Waals surface area contributed by atoms with Crippen molar-refractivity contribution in [2.75, 3.05) is 20.3 Å². The van der Waals surface area contributed by atoms with E-state index < -0.39 is 29.2 Å². The van der Waals surface area contributed by atoms with E-state index in [2.05, 4.69) is 21.2 Å². The fourth-order valence-electron chi connectivity index (χ4n) is 4.37. The maximum atomic E-state index is 12.4. The maximum Gasteiger partial charge on any atom is 0.337 e. The standard InChI is InChI=1S/C29H31N5O9/c1-5-41-24-12-18(27-26(28(36)40-4)17(3)31-29(37)32-27)7-10-23(24)42-15-25(35)33-30-14-20-9-11-22(43-20)21-13-19(34(38)39)8-6-16(21)2/h6-14,25,27,33,35H,5,15H2,1-4H3,(H2,31,32,37)/b30-14-/t25-,27+/m1/s1. The molecule has 2 heterocycles. The van der Waals surface area contributed by atoms with E-state index in [-0.39, 0.29) is 17.9 Å². The van der Waals surface area contributed by atoms with Gasteiger partial charge in [-0.1, -0.05) is 12.1 Å². The van der Waals surface area contributed by atoms with Gasteiger partial charge >= 0.3 is 12.0 Å². The lowest BCUT2D eigenvalue weighted by atomic mass is 9.95. The lowest BCUT2D eigenvalue weighted by Gasteiger charge is -2.28. The van der Waals surface area contributed by atoms with Gasteiger partial charge in [0.15, 0.2) is 17.7 Å². The molecule has 14 nitrogen and oxygen atoms in total. The molecule has 0 radical (unpaired) electrons. The van der Waals surface area contributed by atoms with Crippen LogP contribution in [0.5, 0.6) is 11.5 Å². The van der Waals surface area contributed by atoms with E-state index in [9.17, 15) is 24.8 Å². The highest BCUT2D eigenvalue weighted by atomic mass is 16.6. The van der Waals surface area contributed by atoms with Crippen molar-refractivity contribution in [2.45, 2.75) is 33.0 Å². The number of methoxy groups -OCH3 is 1. The number of aliphatic hydroxyl groups excluding tert-OH is 1. The minimum absolute atomic E-state index is 0.0462. The number of hydrogen-bond donors (Lipinski definition) is 4. The molecule has 0 bridgehead atoms. The summed E-state index contributed by atoms with van der Waals surface area (Å²) in [4.78, 5) is 35.2. The summed E-state index contributed by atoms with van der Waals surface area (Å²) in [5.41, 5.74) is 5.07. The number of nitro groups is 1. The Morgan fingerprint density at radius 1 is 1.19 bits per heavy atom. The number of nitrogens with one attached hydrogen (secondary N) is 3. The Kier molecular flexibility index (Phi) is 9.62. The number of esters is 1. The number of allylic oxidation sites excluding steroid dienone is 1. The normalized spacial score (nSPS) is 15.5. The highest BCUT2D eigenvalue weighted by molar-refractivity contribution is 5.95. The molecule has 0 saturated carbocycles. The van der Waals surface area contributed by atoms with Crippen LogP contribution in [0.2, 0.25) is 0 Å². The number of urea groups is 1. The summed E-state index contributed by atoms with van der Waals surface area (Å²) in [6.07, 6.45) is 0.140. The van der Waals surface area contributed by atoms with Crippen molar-refractivity contribution in [2.24, 2.45) is 5.10 Å². The van der Waals surface area contributed by atoms with Crippen LogP contribution < -0.4 is 25.5 Å². The first-order valence-corrected chi connectivity index (χ1v) is 13.2. The molecule has 1 aromatic heterocycles. The molecule has 3 aromatic rings. The van der Waals surface area contributed by atoms with E-state index in [4.69, 9.17) is 18.6 Å². The van der Waals surface area contributed by atoms with Crippen molar-refractivity contribution in [3.63, 3.8) is 0 Å². The molecule has 2 amide bonds. The van der Waals surface area contributed by atoms with E-state index in [0.717, 1.165) is 5.56 Å². The van der Waals surface area contributed by atoms with Gasteiger partial charge in [0, 0.05) is 23.4 Å². The zero-order chi connectivity index (χ0) is 31.1. The van der Waals surface area contributed by atoms with Crippen LogP contribution >= 0.6 is 0 Å². The number of non-ortho nitro benzene ring substituents is 1. The molecule has 14 heteroatoms. The molecule has 0 unspecified atom stereocenters. The number of carbonyl (C=O) groups excluding carboxylic acids is 2. The number of nitrogens with zero attached hydrogens (tertiary/aromatic N) is 2. The summed E-state index contributed by atoms with van der Waals surface area (Å²) in [6, 6.07) is 11.5. The summed E-state index contributed by atoms with van der Waals surface area (Å²) >= 11 is 0. The van der Waals surface area contributed by atoms with E-state index in [1.54, 1.807) is 50.2 Å². The largest absolute Gasteiger partial charge is 0.490 e. The van der Waals surface area contributed by atoms with Crippen molar-refractivity contribution in [3.05, 3.63) is 86.8 Å². The number of ether oxygens (including phenoxy) is 3. The van der Waals surface area contributed by atoms with Crippen molar-refractivity contribution in [1.82, 2.24) is 16.1 Å². The van der Waals surface area contributed by atoms with Gasteiger partial charge in [-0.05, 0) is 56.2 Å². The molecule has 1 aliphatic rings. The van der Waals surface area contributed by atoms with Gasteiger partial charge in [-0.25, -0.2) is 9.59 Å².